The summed E-state index contributed by atoms with van der Waals surface area (Å²) in [6.45, 7) is 0. The van der Waals surface area contributed by atoms with Crippen LogP contribution in [0, 0.1) is 0 Å². The molecule has 1 nitrogen and oxygen atoms in total. The highest BCUT2D eigenvalue weighted by Gasteiger charge is 2.21. The highest BCUT2D eigenvalue weighted by molar-refractivity contribution is 7.17. The van der Waals surface area contributed by atoms with Gasteiger partial charge in [-0.25, -0.2) is 0 Å². The van der Waals surface area contributed by atoms with Crippen LogP contribution in [0.4, 0.5) is 0 Å². The first kappa shape index (κ1) is 9.37. The molecule has 0 fully saturated rings. The zero-order chi connectivity index (χ0) is 10.3. The predicted octanol–water partition coefficient (Wildman–Crippen LogP) is 3.50. The average molecular weight is 217 g/mol. The van der Waals surface area contributed by atoms with Crippen LogP contribution in [0.15, 0.2) is 23.6 Å². The van der Waals surface area contributed by atoms with Crippen LogP contribution in [0.1, 0.15) is 30.0 Å². The number of thiophene rings is 1. The van der Waals surface area contributed by atoms with Crippen LogP contribution in [-0.2, 0) is 6.42 Å². The lowest BCUT2D eigenvalue weighted by molar-refractivity contribution is 0.500. The van der Waals surface area contributed by atoms with E-state index in [0.717, 1.165) is 0 Å². The molecule has 0 saturated heterocycles. The number of hydrogen-bond acceptors (Lipinski definition) is 2. The minimum absolute atomic E-state index is 0.562. The van der Waals surface area contributed by atoms with Crippen molar-refractivity contribution in [3.05, 3.63) is 34.7 Å². The molecule has 1 aromatic carbocycles. The van der Waals surface area contributed by atoms with Crippen molar-refractivity contribution >= 4 is 21.4 Å². The van der Waals surface area contributed by atoms with E-state index >= 15 is 0 Å². The largest absolute Gasteiger partial charge is 0.313 e. The number of rotatable bonds is 1. The molecular weight excluding hydrogens is 202 g/mol. The van der Waals surface area contributed by atoms with Crippen LogP contribution in [0.25, 0.3) is 10.1 Å². The fourth-order valence-electron chi connectivity index (χ4n) is 2.67. The minimum atomic E-state index is 0.562. The van der Waals surface area contributed by atoms with Gasteiger partial charge in [-0.2, -0.15) is 0 Å². The summed E-state index contributed by atoms with van der Waals surface area (Å²) in [6, 6.07) is 7.43. The van der Waals surface area contributed by atoms with Crippen molar-refractivity contribution in [2.24, 2.45) is 0 Å². The van der Waals surface area contributed by atoms with E-state index in [4.69, 9.17) is 0 Å². The Hall–Kier alpha value is -0.860. The fraction of sp³-hybridized carbons (Fsp3) is 0.385. The Balaban J connectivity index is 2.28. The second-order valence-electron chi connectivity index (χ2n) is 4.20. The Labute approximate surface area is 94.1 Å². The molecule has 1 aromatic heterocycles. The van der Waals surface area contributed by atoms with Crippen LogP contribution in [0.3, 0.4) is 0 Å². The van der Waals surface area contributed by atoms with E-state index in [0.29, 0.717) is 6.04 Å². The summed E-state index contributed by atoms with van der Waals surface area (Å²) in [6.07, 6.45) is 3.84. The first-order valence-electron chi connectivity index (χ1n) is 5.56. The molecule has 15 heavy (non-hydrogen) atoms. The molecule has 0 aliphatic heterocycles. The maximum atomic E-state index is 3.45. The summed E-state index contributed by atoms with van der Waals surface area (Å²) in [5, 5.41) is 7.12. The number of fused-ring (bicyclic) bond motifs is 3. The van der Waals surface area contributed by atoms with Crippen molar-refractivity contribution in [3.63, 3.8) is 0 Å². The fourth-order valence-corrected chi connectivity index (χ4v) is 3.47. The first-order chi connectivity index (χ1) is 7.40. The third-order valence-electron chi connectivity index (χ3n) is 3.40. The van der Waals surface area contributed by atoms with E-state index < -0.39 is 0 Å². The highest BCUT2D eigenvalue weighted by atomic mass is 32.1. The van der Waals surface area contributed by atoms with E-state index in [-0.39, 0.29) is 0 Å². The minimum Gasteiger partial charge on any atom is -0.313 e. The molecule has 2 aromatic rings. The van der Waals surface area contributed by atoms with Gasteiger partial charge in [-0.1, -0.05) is 6.07 Å². The average Bonchev–Trinajstić information content (AvgIpc) is 2.76. The second kappa shape index (κ2) is 3.62. The molecule has 1 atom stereocenters. The normalized spacial score (nSPS) is 20.5. The van der Waals surface area contributed by atoms with Gasteiger partial charge in [0.2, 0.25) is 0 Å². The van der Waals surface area contributed by atoms with Gasteiger partial charge in [0.15, 0.2) is 0 Å². The molecule has 2 heteroatoms. The summed E-state index contributed by atoms with van der Waals surface area (Å²) in [7, 11) is 2.07. The molecule has 1 unspecified atom stereocenters. The zero-order valence-electron chi connectivity index (χ0n) is 8.92. The van der Waals surface area contributed by atoms with Crippen molar-refractivity contribution in [3.8, 4) is 0 Å². The van der Waals surface area contributed by atoms with Gasteiger partial charge < -0.3 is 5.32 Å². The molecule has 1 heterocycles. The quantitative estimate of drug-likeness (QED) is 0.771. The van der Waals surface area contributed by atoms with Gasteiger partial charge in [0.05, 0.1) is 0 Å². The third kappa shape index (κ3) is 1.40. The maximum absolute atomic E-state index is 3.45. The van der Waals surface area contributed by atoms with E-state index in [2.05, 4.69) is 35.9 Å². The molecule has 0 bridgehead atoms. The molecule has 0 spiro atoms. The summed E-state index contributed by atoms with van der Waals surface area (Å²) in [5.41, 5.74) is 3.11. The van der Waals surface area contributed by atoms with Gasteiger partial charge in [-0.3, -0.25) is 0 Å². The number of aryl methyl sites for hydroxylation is 1. The van der Waals surface area contributed by atoms with Crippen molar-refractivity contribution in [2.75, 3.05) is 7.05 Å². The molecule has 1 aliphatic carbocycles. The van der Waals surface area contributed by atoms with Gasteiger partial charge >= 0.3 is 0 Å². The standard InChI is InChI=1S/C13H15NS/c1-14-11-4-2-3-9-5-6-12-10(13(9)11)7-8-15-12/h5-8,11,14H,2-4H2,1H3. The van der Waals surface area contributed by atoms with Gasteiger partial charge in [0, 0.05) is 10.7 Å². The van der Waals surface area contributed by atoms with E-state index in [1.807, 2.05) is 11.3 Å². The van der Waals surface area contributed by atoms with Crippen molar-refractivity contribution in [1.82, 2.24) is 5.32 Å². The van der Waals surface area contributed by atoms with Crippen LogP contribution in [0.5, 0.6) is 0 Å². The van der Waals surface area contributed by atoms with Crippen LogP contribution in [-0.4, -0.2) is 7.05 Å². The Morgan fingerprint density at radius 2 is 2.27 bits per heavy atom. The molecule has 78 valence electrons. The number of benzene rings is 1. The Bertz CT molecular complexity index is 486. The van der Waals surface area contributed by atoms with Gasteiger partial charge in [-0.15, -0.1) is 11.3 Å². The van der Waals surface area contributed by atoms with Gasteiger partial charge in [0.25, 0.3) is 0 Å². The molecule has 1 N–H and O–H groups in total. The van der Waals surface area contributed by atoms with Crippen molar-refractivity contribution in [1.29, 1.82) is 0 Å². The Morgan fingerprint density at radius 1 is 1.33 bits per heavy atom. The third-order valence-corrected chi connectivity index (χ3v) is 4.29. The number of hydrogen-bond donors (Lipinski definition) is 1. The lowest BCUT2D eigenvalue weighted by atomic mass is 9.86. The summed E-state index contributed by atoms with van der Waals surface area (Å²) >= 11 is 1.84. The van der Waals surface area contributed by atoms with E-state index in [1.54, 1.807) is 11.1 Å². The molecule has 0 radical (unpaired) electrons. The predicted molar refractivity (Wildman–Crippen MR) is 66.6 cm³/mol. The molecule has 1 aliphatic rings. The Morgan fingerprint density at radius 3 is 3.13 bits per heavy atom. The molecular formula is C13H15NS. The van der Waals surface area contributed by atoms with E-state index in [9.17, 15) is 0 Å². The Kier molecular flexibility index (Phi) is 2.26. The molecule has 3 rings (SSSR count). The zero-order valence-corrected chi connectivity index (χ0v) is 9.73. The van der Waals surface area contributed by atoms with Gasteiger partial charge in [0.1, 0.15) is 0 Å². The van der Waals surface area contributed by atoms with Crippen molar-refractivity contribution in [2.45, 2.75) is 25.3 Å². The smallest absolute Gasteiger partial charge is 0.0346 e. The van der Waals surface area contributed by atoms with Crippen LogP contribution >= 0.6 is 11.3 Å². The summed E-state index contributed by atoms with van der Waals surface area (Å²) < 4.78 is 1.43. The van der Waals surface area contributed by atoms with E-state index in [1.165, 1.54) is 29.3 Å². The SMILES string of the molecule is CNC1CCCc2ccc3sccc3c21. The molecule has 0 saturated carbocycles. The number of nitrogens with one attached hydrogen (secondary N) is 1. The lowest BCUT2D eigenvalue weighted by Gasteiger charge is -2.26. The highest BCUT2D eigenvalue weighted by Crippen LogP contribution is 2.36. The first-order valence-corrected chi connectivity index (χ1v) is 6.44. The van der Waals surface area contributed by atoms with Crippen LogP contribution < -0.4 is 5.32 Å². The lowest BCUT2D eigenvalue weighted by Crippen LogP contribution is -2.21. The van der Waals surface area contributed by atoms with Crippen molar-refractivity contribution < 1.29 is 0 Å². The topological polar surface area (TPSA) is 12.0 Å². The van der Waals surface area contributed by atoms with Crippen LogP contribution in [0.2, 0.25) is 0 Å². The monoisotopic (exact) mass is 217 g/mol. The van der Waals surface area contributed by atoms with Gasteiger partial charge in [-0.05, 0) is 60.3 Å². The summed E-state index contributed by atoms with van der Waals surface area (Å²) in [5.74, 6) is 0. The molecule has 0 amide bonds. The maximum Gasteiger partial charge on any atom is 0.0346 e. The second-order valence-corrected chi connectivity index (χ2v) is 5.15. The summed E-state index contributed by atoms with van der Waals surface area (Å²) in [4.78, 5) is 0.